The molecule has 0 rings (SSSR count). The number of halogens is 4. The zero-order valence-corrected chi connectivity index (χ0v) is 6.44. The Morgan fingerprint density at radius 3 is 1.83 bits per heavy atom. The van der Waals surface area contributed by atoms with Gasteiger partial charge in [0.2, 0.25) is 0 Å². The van der Waals surface area contributed by atoms with E-state index in [0.717, 1.165) is 0 Å². The van der Waals surface area contributed by atoms with Crippen LogP contribution in [0.25, 0.3) is 0 Å². The summed E-state index contributed by atoms with van der Waals surface area (Å²) < 4.78 is 74.5. The maximum atomic E-state index is 12.1. The fourth-order valence-electron chi connectivity index (χ4n) is 0.451. The highest BCUT2D eigenvalue weighted by Gasteiger charge is 2.32. The van der Waals surface area contributed by atoms with Crippen molar-refractivity contribution in [1.29, 1.82) is 0 Å². The van der Waals surface area contributed by atoms with Gasteiger partial charge in [0.25, 0.3) is 16.5 Å². The van der Waals surface area contributed by atoms with Gasteiger partial charge in [0, 0.05) is 0 Å². The monoisotopic (exact) mass is 210 g/mol. The summed E-state index contributed by atoms with van der Waals surface area (Å²) in [5, 5.41) is 0. The second kappa shape index (κ2) is 4.04. The molecule has 0 heterocycles. The molecule has 0 radical (unpaired) electrons. The Morgan fingerprint density at radius 1 is 1.17 bits per heavy atom. The second-order valence-electron chi connectivity index (χ2n) is 2.04. The zero-order valence-electron chi connectivity index (χ0n) is 5.62. The van der Waals surface area contributed by atoms with Gasteiger partial charge in [-0.1, -0.05) is 0 Å². The third-order valence-electron chi connectivity index (χ3n) is 0.956. The van der Waals surface area contributed by atoms with E-state index < -0.39 is 34.6 Å². The summed E-state index contributed by atoms with van der Waals surface area (Å²) in [6.07, 6.45) is -9.69. The van der Waals surface area contributed by atoms with E-state index in [1.165, 1.54) is 0 Å². The molecule has 2 atom stereocenters. The molecule has 0 aromatic heterocycles. The molecular weight excluding hydrogens is 204 g/mol. The van der Waals surface area contributed by atoms with Crippen molar-refractivity contribution in [3.8, 4) is 0 Å². The second-order valence-corrected chi connectivity index (χ2v) is 3.54. The van der Waals surface area contributed by atoms with Crippen LogP contribution in [0.15, 0.2) is 0 Å². The van der Waals surface area contributed by atoms with Crippen LogP contribution in [0, 0.1) is 0 Å². The molecule has 0 aliphatic rings. The van der Waals surface area contributed by atoms with Crippen LogP contribution in [0.3, 0.4) is 0 Å². The highest BCUT2D eigenvalue weighted by atomic mass is 32.2. The third-order valence-corrected chi connectivity index (χ3v) is 1.70. The van der Waals surface area contributed by atoms with Crippen molar-refractivity contribution in [2.24, 2.45) is 0 Å². The SMILES string of the molecule is O=S(=O)(O)CC(F)C(F)C(F)F. The first-order chi connectivity index (χ1) is 5.24. The highest BCUT2D eigenvalue weighted by Crippen LogP contribution is 2.14. The maximum Gasteiger partial charge on any atom is 0.272 e. The van der Waals surface area contributed by atoms with Crippen molar-refractivity contribution in [2.75, 3.05) is 5.75 Å². The molecule has 0 bridgehead atoms. The minimum absolute atomic E-state index is 1.65. The smallest absolute Gasteiger partial charge is 0.272 e. The number of rotatable bonds is 4. The molecule has 0 aliphatic carbocycles. The van der Waals surface area contributed by atoms with Gasteiger partial charge in [-0.3, -0.25) is 4.55 Å². The van der Waals surface area contributed by atoms with Crippen molar-refractivity contribution in [3.05, 3.63) is 0 Å². The van der Waals surface area contributed by atoms with Crippen molar-refractivity contribution >= 4 is 10.1 Å². The van der Waals surface area contributed by atoms with E-state index in [1.807, 2.05) is 0 Å². The van der Waals surface area contributed by atoms with E-state index in [9.17, 15) is 26.0 Å². The quantitative estimate of drug-likeness (QED) is 0.552. The predicted octanol–water partition coefficient (Wildman–Crippen LogP) is 0.816. The third kappa shape index (κ3) is 4.50. The number of alkyl halides is 4. The molecule has 8 heteroatoms. The van der Waals surface area contributed by atoms with Gasteiger partial charge in [-0.2, -0.15) is 8.42 Å². The normalized spacial score (nSPS) is 17.8. The van der Waals surface area contributed by atoms with E-state index in [1.54, 1.807) is 0 Å². The van der Waals surface area contributed by atoms with Crippen molar-refractivity contribution < 1.29 is 30.5 Å². The summed E-state index contributed by atoms with van der Waals surface area (Å²) in [5.41, 5.74) is 0. The Bertz CT molecular complexity index is 226. The summed E-state index contributed by atoms with van der Waals surface area (Å²) in [7, 11) is -4.75. The van der Waals surface area contributed by atoms with Crippen LogP contribution >= 0.6 is 0 Å². The minimum Gasteiger partial charge on any atom is -0.285 e. The lowest BCUT2D eigenvalue weighted by Gasteiger charge is -2.10. The van der Waals surface area contributed by atoms with Crippen molar-refractivity contribution in [3.63, 3.8) is 0 Å². The average Bonchev–Trinajstić information content (AvgIpc) is 1.82. The molecular formula is C4H6F4O3S. The Kier molecular flexibility index (Phi) is 3.91. The molecule has 0 saturated carbocycles. The number of hydrogen-bond donors (Lipinski definition) is 1. The van der Waals surface area contributed by atoms with Gasteiger partial charge in [0.1, 0.15) is 5.75 Å². The van der Waals surface area contributed by atoms with Gasteiger partial charge in [-0.25, -0.2) is 17.6 Å². The molecule has 0 spiro atoms. The Hall–Kier alpha value is -0.370. The molecule has 0 saturated heterocycles. The Labute approximate surface area is 66.1 Å². The van der Waals surface area contributed by atoms with Crippen LogP contribution in [0.1, 0.15) is 0 Å². The van der Waals surface area contributed by atoms with Crippen molar-refractivity contribution in [2.45, 2.75) is 18.8 Å². The standard InChI is InChI=1S/C4H6F4O3S/c5-2(1-12(9,10)11)3(6)4(7)8/h2-4H,1H2,(H,9,10,11). The highest BCUT2D eigenvalue weighted by molar-refractivity contribution is 7.85. The summed E-state index contributed by atoms with van der Waals surface area (Å²) in [6, 6.07) is 0. The van der Waals surface area contributed by atoms with Gasteiger partial charge in [0.15, 0.2) is 12.3 Å². The van der Waals surface area contributed by atoms with Crippen LogP contribution in [-0.4, -0.2) is 37.5 Å². The number of hydrogen-bond acceptors (Lipinski definition) is 2. The molecule has 0 aromatic rings. The van der Waals surface area contributed by atoms with Crippen LogP contribution in [0.2, 0.25) is 0 Å². The summed E-state index contributed by atoms with van der Waals surface area (Å²) >= 11 is 0. The Morgan fingerprint density at radius 2 is 1.58 bits per heavy atom. The van der Waals surface area contributed by atoms with E-state index in [-0.39, 0.29) is 0 Å². The molecule has 0 aromatic carbocycles. The molecule has 74 valence electrons. The molecule has 0 aliphatic heterocycles. The van der Waals surface area contributed by atoms with Crippen LogP contribution in [0.5, 0.6) is 0 Å². The van der Waals surface area contributed by atoms with E-state index in [0.29, 0.717) is 0 Å². The van der Waals surface area contributed by atoms with Crippen LogP contribution in [-0.2, 0) is 10.1 Å². The average molecular weight is 210 g/mol. The molecule has 2 unspecified atom stereocenters. The fourth-order valence-corrected chi connectivity index (χ4v) is 1.04. The summed E-state index contributed by atoms with van der Waals surface area (Å²) in [5.74, 6) is -1.65. The first-order valence-corrected chi connectivity index (χ1v) is 4.36. The van der Waals surface area contributed by atoms with E-state index in [4.69, 9.17) is 4.55 Å². The largest absolute Gasteiger partial charge is 0.285 e. The van der Waals surface area contributed by atoms with Gasteiger partial charge < -0.3 is 0 Å². The topological polar surface area (TPSA) is 54.4 Å². The van der Waals surface area contributed by atoms with E-state index in [2.05, 4.69) is 0 Å². The summed E-state index contributed by atoms with van der Waals surface area (Å²) in [4.78, 5) is 0. The van der Waals surface area contributed by atoms with Crippen LogP contribution in [0.4, 0.5) is 17.6 Å². The van der Waals surface area contributed by atoms with Crippen molar-refractivity contribution in [1.82, 2.24) is 0 Å². The van der Waals surface area contributed by atoms with Gasteiger partial charge in [-0.15, -0.1) is 0 Å². The molecule has 3 nitrogen and oxygen atoms in total. The van der Waals surface area contributed by atoms with E-state index >= 15 is 0 Å². The lowest BCUT2D eigenvalue weighted by Crippen LogP contribution is -2.31. The zero-order chi connectivity index (χ0) is 9.94. The lowest BCUT2D eigenvalue weighted by molar-refractivity contribution is 0.00987. The van der Waals surface area contributed by atoms with Gasteiger partial charge >= 0.3 is 0 Å². The van der Waals surface area contributed by atoms with Gasteiger partial charge in [-0.05, 0) is 0 Å². The molecule has 0 fully saturated rings. The fraction of sp³-hybridized carbons (Fsp3) is 1.00. The molecule has 12 heavy (non-hydrogen) atoms. The maximum absolute atomic E-state index is 12.1. The summed E-state index contributed by atoms with van der Waals surface area (Å²) in [6.45, 7) is 0. The first-order valence-electron chi connectivity index (χ1n) is 2.75. The lowest BCUT2D eigenvalue weighted by atomic mass is 10.3. The Balaban J connectivity index is 4.14. The molecule has 0 amide bonds. The minimum atomic E-state index is -4.75. The predicted molar refractivity (Wildman–Crippen MR) is 32.2 cm³/mol. The van der Waals surface area contributed by atoms with Crippen LogP contribution < -0.4 is 0 Å². The van der Waals surface area contributed by atoms with Gasteiger partial charge in [0.05, 0.1) is 0 Å². The first kappa shape index (κ1) is 11.6. The molecule has 1 N–H and O–H groups in total.